The second-order valence-electron chi connectivity index (χ2n) is 19.0. The Balaban J connectivity index is 1.09. The molecule has 6 rings (SSSR count). The summed E-state index contributed by atoms with van der Waals surface area (Å²) in [5.41, 5.74) is -4.81. The number of ketones is 3. The summed E-state index contributed by atoms with van der Waals surface area (Å²) in [6, 6.07) is 0. The van der Waals surface area contributed by atoms with Gasteiger partial charge in [-0.3, -0.25) is 33.7 Å². The van der Waals surface area contributed by atoms with Crippen LogP contribution in [0, 0.1) is 48.7 Å². The van der Waals surface area contributed by atoms with Gasteiger partial charge in [0.05, 0.1) is 16.2 Å². The van der Waals surface area contributed by atoms with E-state index in [1.54, 1.807) is 0 Å². The molecule has 0 saturated heterocycles. The number of fused-ring (bicyclic) bond motifs is 6. The van der Waals surface area contributed by atoms with Crippen molar-refractivity contribution < 1.29 is 28.8 Å². The number of hydrogen-bond acceptors (Lipinski definition) is 7. The maximum absolute atomic E-state index is 13.7. The van der Waals surface area contributed by atoms with Gasteiger partial charge < -0.3 is 16.0 Å². The maximum atomic E-state index is 13.7. The molecule has 6 unspecified atom stereocenters. The lowest BCUT2D eigenvalue weighted by molar-refractivity contribution is -0.136. The van der Waals surface area contributed by atoms with Crippen LogP contribution >= 0.6 is 0 Å². The van der Waals surface area contributed by atoms with E-state index in [2.05, 4.69) is 62.4 Å². The molecular weight excluding hydrogens is 620 g/mol. The largest absolute Gasteiger partial charge is 0.354 e. The molecule has 6 aliphatic rings. The third kappa shape index (κ3) is 4.27. The highest BCUT2D eigenvalue weighted by Gasteiger charge is 2.74. The van der Waals surface area contributed by atoms with Crippen LogP contribution in [0.3, 0.4) is 0 Å². The van der Waals surface area contributed by atoms with Crippen molar-refractivity contribution in [2.24, 2.45) is 48.7 Å². The molecular formula is C39H60N4O6. The first-order valence-electron chi connectivity index (χ1n) is 18.7. The third-order valence-electron chi connectivity index (χ3n) is 17.6. The summed E-state index contributed by atoms with van der Waals surface area (Å²) in [7, 11) is 0. The van der Waals surface area contributed by atoms with E-state index in [9.17, 15) is 28.8 Å². The van der Waals surface area contributed by atoms with E-state index in [0.29, 0.717) is 58.5 Å². The Labute approximate surface area is 292 Å². The van der Waals surface area contributed by atoms with E-state index in [1.165, 1.54) is 0 Å². The van der Waals surface area contributed by atoms with Crippen molar-refractivity contribution in [3.8, 4) is 0 Å². The number of rotatable bonds is 12. The van der Waals surface area contributed by atoms with Gasteiger partial charge in [-0.15, -0.1) is 0 Å². The lowest BCUT2D eigenvalue weighted by Gasteiger charge is -2.39. The Morgan fingerprint density at radius 2 is 0.714 bits per heavy atom. The van der Waals surface area contributed by atoms with Crippen LogP contribution in [0.4, 0.5) is 0 Å². The summed E-state index contributed by atoms with van der Waals surface area (Å²) in [6.07, 6.45) is 5.13. The molecule has 0 aliphatic heterocycles. The average molecular weight is 681 g/mol. The van der Waals surface area contributed by atoms with Crippen LogP contribution in [0.25, 0.3) is 0 Å². The van der Waals surface area contributed by atoms with Crippen LogP contribution in [-0.2, 0) is 28.8 Å². The zero-order valence-corrected chi connectivity index (χ0v) is 31.5. The Morgan fingerprint density at radius 3 is 0.898 bits per heavy atom. The normalized spacial score (nSPS) is 40.4. The molecule has 0 spiro atoms. The molecule has 10 heteroatoms. The van der Waals surface area contributed by atoms with E-state index in [1.807, 2.05) is 20.8 Å². The lowest BCUT2D eigenvalue weighted by Crippen LogP contribution is -2.51. The quantitative estimate of drug-likeness (QED) is 0.283. The van der Waals surface area contributed by atoms with E-state index in [0.717, 1.165) is 19.3 Å². The fraction of sp³-hybridized carbons (Fsp3) is 0.846. The van der Waals surface area contributed by atoms with Gasteiger partial charge in [0.2, 0.25) is 17.7 Å². The van der Waals surface area contributed by atoms with Crippen LogP contribution in [-0.4, -0.2) is 79.2 Å². The highest BCUT2D eigenvalue weighted by Crippen LogP contribution is 2.72. The minimum absolute atomic E-state index is 0.0679. The highest BCUT2D eigenvalue weighted by molar-refractivity contribution is 6.01. The minimum atomic E-state index is -0.702. The Morgan fingerprint density at radius 1 is 0.469 bits per heavy atom. The molecule has 0 aromatic rings. The van der Waals surface area contributed by atoms with Gasteiger partial charge in [0.15, 0.2) is 0 Å². The minimum Gasteiger partial charge on any atom is -0.354 e. The standard InChI is InChI=1S/C39H60N4O6/c1-31(2)34(7)10-13-37(31,22-25(34)44)28(47)40-16-19-43(20-17-41-29(48)38-14-11-35(8,26(45)23-38)32(38,3)4)21-18-42-30(49)39-15-12-36(9,27(46)24-39)33(39,5)6/h10-24H2,1-9H3,(H,40,47)(H,41,48)(H,42,49). The molecule has 3 N–H and O–H groups in total. The zero-order chi connectivity index (χ0) is 36.3. The molecule has 0 radical (unpaired) electrons. The molecule has 272 valence electrons. The summed E-state index contributed by atoms with van der Waals surface area (Å²) in [4.78, 5) is 82.2. The fourth-order valence-electron chi connectivity index (χ4n) is 11.9. The molecule has 6 bridgehead atoms. The summed E-state index contributed by atoms with van der Waals surface area (Å²) in [5.74, 6) is 0.325. The van der Waals surface area contributed by atoms with Gasteiger partial charge in [-0.05, 0) is 54.8 Å². The van der Waals surface area contributed by atoms with Gasteiger partial charge in [0.1, 0.15) is 17.3 Å². The third-order valence-corrected chi connectivity index (χ3v) is 17.6. The zero-order valence-electron chi connectivity index (χ0n) is 31.5. The summed E-state index contributed by atoms with van der Waals surface area (Å²) < 4.78 is 0. The monoisotopic (exact) mass is 680 g/mol. The number of nitrogens with one attached hydrogen (secondary N) is 3. The van der Waals surface area contributed by atoms with Crippen molar-refractivity contribution in [2.45, 2.75) is 120 Å². The van der Waals surface area contributed by atoms with Crippen molar-refractivity contribution in [3.05, 3.63) is 0 Å². The first-order valence-corrected chi connectivity index (χ1v) is 18.7. The van der Waals surface area contributed by atoms with E-state index >= 15 is 0 Å². The van der Waals surface area contributed by atoms with Crippen LogP contribution in [0.15, 0.2) is 0 Å². The molecule has 6 atom stereocenters. The smallest absolute Gasteiger partial charge is 0.227 e. The van der Waals surface area contributed by atoms with Gasteiger partial charge in [-0.2, -0.15) is 0 Å². The van der Waals surface area contributed by atoms with Crippen LogP contribution < -0.4 is 16.0 Å². The van der Waals surface area contributed by atoms with E-state index in [-0.39, 0.29) is 54.3 Å². The molecule has 0 aromatic carbocycles. The lowest BCUT2D eigenvalue weighted by atomic mass is 9.64. The van der Waals surface area contributed by atoms with Gasteiger partial charge >= 0.3 is 0 Å². The van der Waals surface area contributed by atoms with Crippen molar-refractivity contribution in [2.75, 3.05) is 39.3 Å². The first kappa shape index (κ1) is 36.2. The maximum Gasteiger partial charge on any atom is 0.227 e. The van der Waals surface area contributed by atoms with Gasteiger partial charge in [0.25, 0.3) is 0 Å². The summed E-state index contributed by atoms with van der Waals surface area (Å²) in [6.45, 7) is 21.0. The number of nitrogens with zero attached hydrogens (tertiary/aromatic N) is 1. The van der Waals surface area contributed by atoms with Crippen LogP contribution in [0.1, 0.15) is 120 Å². The number of amides is 3. The second-order valence-corrected chi connectivity index (χ2v) is 19.0. The molecule has 3 amide bonds. The Kier molecular flexibility index (Phi) is 8.08. The number of carbonyl (C=O) groups excluding carboxylic acids is 6. The topological polar surface area (TPSA) is 142 Å². The van der Waals surface area contributed by atoms with Crippen molar-refractivity contribution in [3.63, 3.8) is 0 Å². The van der Waals surface area contributed by atoms with Gasteiger partial charge in [0, 0.05) is 74.8 Å². The highest BCUT2D eigenvalue weighted by atomic mass is 16.2. The van der Waals surface area contributed by atoms with Gasteiger partial charge in [-0.25, -0.2) is 0 Å². The number of hydrogen-bond donors (Lipinski definition) is 3. The van der Waals surface area contributed by atoms with E-state index < -0.39 is 48.7 Å². The molecule has 6 fully saturated rings. The Bertz CT molecular complexity index is 1340. The summed E-state index contributed by atoms with van der Waals surface area (Å²) >= 11 is 0. The number of carbonyl (C=O) groups is 6. The number of Topliss-reactive ketones (excluding diaryl/α,β-unsaturated/α-hetero) is 3. The molecule has 10 nitrogen and oxygen atoms in total. The SMILES string of the molecule is CC12CCC(C(=O)NCCN(CCNC(=O)C34CCC(C)(C(=O)C3)C4(C)C)CCNC(=O)C34CCC(C)(C(=O)C3)C4(C)C)(CC1=O)C2(C)C. The molecule has 6 aliphatic carbocycles. The van der Waals surface area contributed by atoms with E-state index in [4.69, 9.17) is 0 Å². The summed E-state index contributed by atoms with van der Waals surface area (Å²) in [5, 5.41) is 9.46. The van der Waals surface area contributed by atoms with Crippen molar-refractivity contribution in [1.82, 2.24) is 20.9 Å². The van der Waals surface area contributed by atoms with Crippen LogP contribution in [0.5, 0.6) is 0 Å². The molecule has 0 aromatic heterocycles. The molecule has 6 saturated carbocycles. The average Bonchev–Trinajstić information content (AvgIpc) is 3.61. The predicted molar refractivity (Wildman–Crippen MR) is 185 cm³/mol. The molecule has 49 heavy (non-hydrogen) atoms. The van der Waals surface area contributed by atoms with Gasteiger partial charge in [-0.1, -0.05) is 62.3 Å². The second kappa shape index (κ2) is 10.9. The fourth-order valence-corrected chi connectivity index (χ4v) is 11.9. The molecule has 0 heterocycles. The van der Waals surface area contributed by atoms with Crippen LogP contribution in [0.2, 0.25) is 0 Å². The Hall–Kier alpha value is -2.62. The van der Waals surface area contributed by atoms with Crippen molar-refractivity contribution in [1.29, 1.82) is 0 Å². The van der Waals surface area contributed by atoms with Crippen molar-refractivity contribution >= 4 is 35.1 Å². The first-order chi connectivity index (χ1) is 22.6. The predicted octanol–water partition coefficient (Wildman–Crippen LogP) is 3.99.